The first-order valence-corrected chi connectivity index (χ1v) is 5.67. The average molecular weight is 248 g/mol. The van der Waals surface area contributed by atoms with Crippen LogP contribution in [-0.4, -0.2) is 4.98 Å². The maximum Gasteiger partial charge on any atom is 0.214 e. The van der Waals surface area contributed by atoms with E-state index in [1.165, 1.54) is 12.3 Å². The molecule has 0 fully saturated rings. The van der Waals surface area contributed by atoms with E-state index in [0.29, 0.717) is 23.4 Å². The normalized spacial score (nSPS) is 10.4. The molecule has 0 atom stereocenters. The molecule has 0 radical (unpaired) electrons. The van der Waals surface area contributed by atoms with Crippen molar-refractivity contribution in [2.24, 2.45) is 0 Å². The zero-order chi connectivity index (χ0) is 13.1. The van der Waals surface area contributed by atoms with Crippen LogP contribution in [0.4, 0.5) is 14.5 Å². The van der Waals surface area contributed by atoms with E-state index in [0.717, 1.165) is 5.56 Å². The Labute approximate surface area is 105 Å². The molecular weight excluding hydrogens is 234 g/mol. The number of anilines is 1. The summed E-state index contributed by atoms with van der Waals surface area (Å²) in [4.78, 5) is 3.48. The zero-order valence-corrected chi connectivity index (χ0v) is 10.3. The van der Waals surface area contributed by atoms with Gasteiger partial charge < -0.3 is 5.32 Å². The monoisotopic (exact) mass is 248 g/mol. The Kier molecular flexibility index (Phi) is 3.55. The van der Waals surface area contributed by atoms with Crippen LogP contribution in [0.1, 0.15) is 16.7 Å². The molecule has 0 aliphatic carbocycles. The summed E-state index contributed by atoms with van der Waals surface area (Å²) in [5.41, 5.74) is 2.85. The smallest absolute Gasteiger partial charge is 0.214 e. The molecule has 1 N–H and O–H groups in total. The molecule has 4 heteroatoms. The minimum absolute atomic E-state index is 0.172. The largest absolute Gasteiger partial charge is 0.381 e. The van der Waals surface area contributed by atoms with Crippen molar-refractivity contribution in [2.75, 3.05) is 5.32 Å². The molecule has 0 unspecified atom stereocenters. The van der Waals surface area contributed by atoms with Gasteiger partial charge >= 0.3 is 0 Å². The summed E-state index contributed by atoms with van der Waals surface area (Å²) in [7, 11) is 0. The van der Waals surface area contributed by atoms with Crippen LogP contribution in [0.25, 0.3) is 0 Å². The van der Waals surface area contributed by atoms with Crippen molar-refractivity contribution in [3.63, 3.8) is 0 Å². The summed E-state index contributed by atoms with van der Waals surface area (Å²) < 4.78 is 26.3. The zero-order valence-electron chi connectivity index (χ0n) is 10.3. The SMILES string of the molecule is Cc1cc(CNc2ccnc(F)c2)cc(C)c1F. The van der Waals surface area contributed by atoms with Gasteiger partial charge in [0.15, 0.2) is 0 Å². The van der Waals surface area contributed by atoms with E-state index in [1.54, 1.807) is 32.0 Å². The molecule has 1 aromatic heterocycles. The molecule has 0 saturated heterocycles. The van der Waals surface area contributed by atoms with Gasteiger partial charge in [-0.05, 0) is 36.6 Å². The van der Waals surface area contributed by atoms with Crippen molar-refractivity contribution in [3.05, 3.63) is 58.9 Å². The van der Waals surface area contributed by atoms with Crippen LogP contribution in [0.15, 0.2) is 30.5 Å². The van der Waals surface area contributed by atoms with Gasteiger partial charge in [-0.3, -0.25) is 0 Å². The summed E-state index contributed by atoms with van der Waals surface area (Å²) in [6.45, 7) is 3.99. The second-order valence-corrected chi connectivity index (χ2v) is 4.26. The molecule has 0 aliphatic heterocycles. The van der Waals surface area contributed by atoms with Gasteiger partial charge in [-0.25, -0.2) is 9.37 Å². The predicted octanol–water partition coefficient (Wildman–Crippen LogP) is 3.59. The summed E-state index contributed by atoms with van der Waals surface area (Å²) in [5.74, 6) is -0.694. The third-order valence-corrected chi connectivity index (χ3v) is 2.72. The molecule has 2 nitrogen and oxygen atoms in total. The molecule has 0 amide bonds. The lowest BCUT2D eigenvalue weighted by atomic mass is 10.1. The van der Waals surface area contributed by atoms with Crippen LogP contribution in [0.3, 0.4) is 0 Å². The molecule has 0 aliphatic rings. The summed E-state index contributed by atoms with van der Waals surface area (Å²) >= 11 is 0. The van der Waals surface area contributed by atoms with Crippen molar-refractivity contribution < 1.29 is 8.78 Å². The molecule has 0 bridgehead atoms. The van der Waals surface area contributed by atoms with Gasteiger partial charge in [0.1, 0.15) is 5.82 Å². The molecule has 18 heavy (non-hydrogen) atoms. The molecule has 1 heterocycles. The number of benzene rings is 1. The second-order valence-electron chi connectivity index (χ2n) is 4.26. The van der Waals surface area contributed by atoms with Crippen molar-refractivity contribution in [3.8, 4) is 0 Å². The Hall–Kier alpha value is -1.97. The van der Waals surface area contributed by atoms with Crippen LogP contribution in [0, 0.1) is 25.6 Å². The van der Waals surface area contributed by atoms with Crippen molar-refractivity contribution in [1.29, 1.82) is 0 Å². The predicted molar refractivity (Wildman–Crippen MR) is 67.4 cm³/mol. The van der Waals surface area contributed by atoms with Crippen LogP contribution in [0.5, 0.6) is 0 Å². The number of nitrogens with zero attached hydrogens (tertiary/aromatic N) is 1. The third kappa shape index (κ3) is 2.83. The van der Waals surface area contributed by atoms with Gasteiger partial charge in [0.05, 0.1) is 0 Å². The first kappa shape index (κ1) is 12.5. The van der Waals surface area contributed by atoms with E-state index in [1.807, 2.05) is 0 Å². The summed E-state index contributed by atoms with van der Waals surface area (Å²) in [5, 5.41) is 3.07. The summed E-state index contributed by atoms with van der Waals surface area (Å²) in [6.07, 6.45) is 1.40. The van der Waals surface area contributed by atoms with Crippen LogP contribution in [0.2, 0.25) is 0 Å². The lowest BCUT2D eigenvalue weighted by Gasteiger charge is -2.09. The second kappa shape index (κ2) is 5.12. The molecular formula is C14H14F2N2. The molecule has 1 aromatic carbocycles. The highest BCUT2D eigenvalue weighted by molar-refractivity contribution is 5.42. The molecule has 94 valence electrons. The van der Waals surface area contributed by atoms with Gasteiger partial charge in [-0.2, -0.15) is 4.39 Å². The Morgan fingerprint density at radius 1 is 1.11 bits per heavy atom. The fourth-order valence-corrected chi connectivity index (χ4v) is 1.85. The van der Waals surface area contributed by atoms with Gasteiger partial charge in [0, 0.05) is 24.5 Å². The molecule has 0 spiro atoms. The van der Waals surface area contributed by atoms with E-state index in [2.05, 4.69) is 10.3 Å². The Morgan fingerprint density at radius 2 is 1.78 bits per heavy atom. The van der Waals surface area contributed by atoms with Crippen molar-refractivity contribution in [1.82, 2.24) is 4.98 Å². The molecule has 2 aromatic rings. The van der Waals surface area contributed by atoms with Crippen LogP contribution in [-0.2, 0) is 6.54 Å². The Balaban J connectivity index is 2.11. The molecule has 2 rings (SSSR count). The topological polar surface area (TPSA) is 24.9 Å². The average Bonchev–Trinajstić information content (AvgIpc) is 2.33. The minimum Gasteiger partial charge on any atom is -0.381 e. The highest BCUT2D eigenvalue weighted by Crippen LogP contribution is 2.16. The minimum atomic E-state index is -0.522. The van der Waals surface area contributed by atoms with E-state index < -0.39 is 5.95 Å². The number of rotatable bonds is 3. The number of hydrogen-bond acceptors (Lipinski definition) is 2. The lowest BCUT2D eigenvalue weighted by molar-refractivity contribution is 0.584. The summed E-state index contributed by atoms with van der Waals surface area (Å²) in [6, 6.07) is 6.58. The standard InChI is InChI=1S/C14H14F2N2/c1-9-5-11(6-10(2)14(9)16)8-18-12-3-4-17-13(15)7-12/h3-7H,8H2,1-2H3,(H,17,18). The van der Waals surface area contributed by atoms with Crippen molar-refractivity contribution in [2.45, 2.75) is 20.4 Å². The maximum absolute atomic E-state index is 13.4. The van der Waals surface area contributed by atoms with Crippen LogP contribution < -0.4 is 5.32 Å². The van der Waals surface area contributed by atoms with E-state index in [9.17, 15) is 8.78 Å². The van der Waals surface area contributed by atoms with Gasteiger partial charge in [-0.15, -0.1) is 0 Å². The molecule has 0 saturated carbocycles. The van der Waals surface area contributed by atoms with E-state index >= 15 is 0 Å². The number of halogens is 2. The maximum atomic E-state index is 13.4. The fraction of sp³-hybridized carbons (Fsp3) is 0.214. The first-order valence-electron chi connectivity index (χ1n) is 5.67. The van der Waals surface area contributed by atoms with Gasteiger partial charge in [0.2, 0.25) is 5.95 Å². The van der Waals surface area contributed by atoms with E-state index in [4.69, 9.17) is 0 Å². The number of aryl methyl sites for hydroxylation is 2. The Bertz CT molecular complexity index is 544. The highest BCUT2D eigenvalue weighted by Gasteiger charge is 2.04. The van der Waals surface area contributed by atoms with Gasteiger partial charge in [-0.1, -0.05) is 12.1 Å². The number of hydrogen-bond donors (Lipinski definition) is 1. The number of pyridine rings is 1. The Morgan fingerprint density at radius 3 is 2.39 bits per heavy atom. The van der Waals surface area contributed by atoms with E-state index in [-0.39, 0.29) is 5.82 Å². The number of aromatic nitrogens is 1. The lowest BCUT2D eigenvalue weighted by Crippen LogP contribution is -2.02. The van der Waals surface area contributed by atoms with Crippen LogP contribution >= 0.6 is 0 Å². The third-order valence-electron chi connectivity index (χ3n) is 2.72. The first-order chi connectivity index (χ1) is 8.56. The number of nitrogens with one attached hydrogen (secondary N) is 1. The van der Waals surface area contributed by atoms with Gasteiger partial charge in [0.25, 0.3) is 0 Å². The quantitative estimate of drug-likeness (QED) is 0.840. The van der Waals surface area contributed by atoms with Crippen molar-refractivity contribution >= 4 is 5.69 Å². The highest BCUT2D eigenvalue weighted by atomic mass is 19.1. The fourth-order valence-electron chi connectivity index (χ4n) is 1.85.